The number of carbonyl (C=O) groups is 1. The molecule has 0 radical (unpaired) electrons. The lowest BCUT2D eigenvalue weighted by atomic mass is 10.00. The van der Waals surface area contributed by atoms with E-state index in [0.717, 1.165) is 19.4 Å². The van der Waals surface area contributed by atoms with E-state index in [0.29, 0.717) is 19.6 Å². The Morgan fingerprint density at radius 2 is 2.31 bits per heavy atom. The number of carbonyl (C=O) groups excluding carboxylic acids is 1. The molecule has 2 unspecified atom stereocenters. The van der Waals surface area contributed by atoms with Gasteiger partial charge in [-0.05, 0) is 25.2 Å². The number of nitrogens with two attached hydrogens (primary N) is 1. The van der Waals surface area contributed by atoms with Gasteiger partial charge in [0.05, 0.1) is 0 Å². The van der Waals surface area contributed by atoms with Crippen LogP contribution in [0.2, 0.25) is 0 Å². The minimum absolute atomic E-state index is 0.236. The highest BCUT2D eigenvalue weighted by molar-refractivity contribution is 5.76. The first-order valence-corrected chi connectivity index (χ1v) is 6.17. The van der Waals surface area contributed by atoms with Crippen molar-refractivity contribution in [1.82, 2.24) is 4.90 Å². The third-order valence-electron chi connectivity index (χ3n) is 3.19. The van der Waals surface area contributed by atoms with Crippen molar-refractivity contribution in [2.75, 3.05) is 26.8 Å². The molecule has 4 nitrogen and oxygen atoms in total. The van der Waals surface area contributed by atoms with Crippen molar-refractivity contribution in [2.24, 2.45) is 11.7 Å². The average molecular weight is 228 g/mol. The Morgan fingerprint density at radius 1 is 1.56 bits per heavy atom. The Hall–Kier alpha value is -0.610. The first-order valence-electron chi connectivity index (χ1n) is 6.17. The van der Waals surface area contributed by atoms with Crippen LogP contribution in [0.25, 0.3) is 0 Å². The number of nitrogens with zero attached hydrogens (tertiary/aromatic N) is 1. The maximum Gasteiger partial charge on any atom is 0.223 e. The van der Waals surface area contributed by atoms with Crippen LogP contribution < -0.4 is 5.73 Å². The SMILES string of the molecule is COCC(C)CC(=O)N1CCCCC1CN. The molecule has 0 aromatic heterocycles. The number of ether oxygens (including phenoxy) is 1. The number of piperidine rings is 1. The van der Waals surface area contributed by atoms with E-state index < -0.39 is 0 Å². The van der Waals surface area contributed by atoms with Crippen LogP contribution in [0, 0.1) is 5.92 Å². The lowest BCUT2D eigenvalue weighted by molar-refractivity contribution is -0.135. The first-order chi connectivity index (χ1) is 7.69. The second kappa shape index (κ2) is 6.86. The molecule has 1 aliphatic rings. The second-order valence-electron chi connectivity index (χ2n) is 4.74. The van der Waals surface area contributed by atoms with Crippen molar-refractivity contribution < 1.29 is 9.53 Å². The summed E-state index contributed by atoms with van der Waals surface area (Å²) in [6.45, 7) is 4.15. The Bertz CT molecular complexity index is 221. The molecule has 0 saturated carbocycles. The molecular formula is C12H24N2O2. The maximum atomic E-state index is 12.1. The van der Waals surface area contributed by atoms with Crippen molar-refractivity contribution in [2.45, 2.75) is 38.6 Å². The van der Waals surface area contributed by atoms with Crippen LogP contribution in [-0.2, 0) is 9.53 Å². The molecular weight excluding hydrogens is 204 g/mol. The van der Waals surface area contributed by atoms with Gasteiger partial charge in [-0.25, -0.2) is 0 Å². The summed E-state index contributed by atoms with van der Waals surface area (Å²) in [6, 6.07) is 0.260. The molecule has 94 valence electrons. The fourth-order valence-electron chi connectivity index (χ4n) is 2.33. The van der Waals surface area contributed by atoms with E-state index >= 15 is 0 Å². The van der Waals surface area contributed by atoms with Gasteiger partial charge < -0.3 is 15.4 Å². The van der Waals surface area contributed by atoms with Gasteiger partial charge in [0.2, 0.25) is 5.91 Å². The summed E-state index contributed by atoms with van der Waals surface area (Å²) in [7, 11) is 1.67. The van der Waals surface area contributed by atoms with Crippen LogP contribution >= 0.6 is 0 Å². The van der Waals surface area contributed by atoms with Gasteiger partial charge in [-0.3, -0.25) is 4.79 Å². The number of hydrogen-bond acceptors (Lipinski definition) is 3. The van der Waals surface area contributed by atoms with E-state index in [-0.39, 0.29) is 17.9 Å². The van der Waals surface area contributed by atoms with Gasteiger partial charge in [-0.15, -0.1) is 0 Å². The molecule has 1 saturated heterocycles. The van der Waals surface area contributed by atoms with E-state index in [1.54, 1.807) is 7.11 Å². The molecule has 0 aromatic carbocycles. The number of hydrogen-bond donors (Lipinski definition) is 1. The first kappa shape index (κ1) is 13.5. The van der Waals surface area contributed by atoms with Gasteiger partial charge >= 0.3 is 0 Å². The third-order valence-corrected chi connectivity index (χ3v) is 3.19. The largest absolute Gasteiger partial charge is 0.384 e. The molecule has 0 aliphatic carbocycles. The fraction of sp³-hybridized carbons (Fsp3) is 0.917. The zero-order valence-electron chi connectivity index (χ0n) is 10.4. The Labute approximate surface area is 98.1 Å². The van der Waals surface area contributed by atoms with Gasteiger partial charge in [0, 0.05) is 39.3 Å². The molecule has 0 aromatic rings. The summed E-state index contributed by atoms with van der Waals surface area (Å²) in [5.41, 5.74) is 5.70. The molecule has 2 atom stereocenters. The zero-order valence-corrected chi connectivity index (χ0v) is 10.4. The van der Waals surface area contributed by atoms with Gasteiger partial charge in [0.25, 0.3) is 0 Å². The van der Waals surface area contributed by atoms with Crippen LogP contribution in [0.4, 0.5) is 0 Å². The zero-order chi connectivity index (χ0) is 12.0. The molecule has 16 heavy (non-hydrogen) atoms. The normalized spacial score (nSPS) is 23.2. The van der Waals surface area contributed by atoms with Gasteiger partial charge in [-0.2, -0.15) is 0 Å². The topological polar surface area (TPSA) is 55.6 Å². The van der Waals surface area contributed by atoms with Gasteiger partial charge in [0.15, 0.2) is 0 Å². The minimum Gasteiger partial charge on any atom is -0.384 e. The van der Waals surface area contributed by atoms with Crippen LogP contribution in [-0.4, -0.2) is 43.7 Å². The van der Waals surface area contributed by atoms with Crippen molar-refractivity contribution in [3.63, 3.8) is 0 Å². The van der Waals surface area contributed by atoms with E-state index in [1.807, 2.05) is 11.8 Å². The Balaban J connectivity index is 2.44. The quantitative estimate of drug-likeness (QED) is 0.763. The highest BCUT2D eigenvalue weighted by Crippen LogP contribution is 2.18. The fourth-order valence-corrected chi connectivity index (χ4v) is 2.33. The summed E-state index contributed by atoms with van der Waals surface area (Å²) in [6.07, 6.45) is 3.94. The lowest BCUT2D eigenvalue weighted by Gasteiger charge is -2.35. The summed E-state index contributed by atoms with van der Waals surface area (Å²) in [5.74, 6) is 0.526. The molecule has 2 N–H and O–H groups in total. The van der Waals surface area contributed by atoms with Crippen molar-refractivity contribution >= 4 is 5.91 Å². The predicted molar refractivity (Wildman–Crippen MR) is 64.1 cm³/mol. The van der Waals surface area contributed by atoms with E-state index in [9.17, 15) is 4.79 Å². The molecule has 1 aliphatic heterocycles. The monoisotopic (exact) mass is 228 g/mol. The average Bonchev–Trinajstić information content (AvgIpc) is 2.29. The van der Waals surface area contributed by atoms with Gasteiger partial charge in [0.1, 0.15) is 0 Å². The smallest absolute Gasteiger partial charge is 0.223 e. The van der Waals surface area contributed by atoms with E-state index in [1.165, 1.54) is 6.42 Å². The van der Waals surface area contributed by atoms with Crippen LogP contribution in [0.15, 0.2) is 0 Å². The van der Waals surface area contributed by atoms with Crippen LogP contribution in [0.5, 0.6) is 0 Å². The van der Waals surface area contributed by atoms with Crippen LogP contribution in [0.3, 0.4) is 0 Å². The molecule has 1 heterocycles. The second-order valence-corrected chi connectivity index (χ2v) is 4.74. The number of likely N-dealkylation sites (tertiary alicyclic amines) is 1. The highest BCUT2D eigenvalue weighted by atomic mass is 16.5. The minimum atomic E-state index is 0.236. The molecule has 4 heteroatoms. The number of amides is 1. The van der Waals surface area contributed by atoms with Crippen LogP contribution in [0.1, 0.15) is 32.6 Å². The van der Waals surface area contributed by atoms with E-state index in [4.69, 9.17) is 10.5 Å². The summed E-state index contributed by atoms with van der Waals surface area (Å²) in [5, 5.41) is 0. The predicted octanol–water partition coefficient (Wildman–Crippen LogP) is 0.999. The summed E-state index contributed by atoms with van der Waals surface area (Å²) in [4.78, 5) is 14.0. The molecule has 1 rings (SSSR count). The highest BCUT2D eigenvalue weighted by Gasteiger charge is 2.26. The van der Waals surface area contributed by atoms with Crippen molar-refractivity contribution in [3.8, 4) is 0 Å². The third kappa shape index (κ3) is 3.76. The maximum absolute atomic E-state index is 12.1. The number of rotatable bonds is 5. The van der Waals surface area contributed by atoms with E-state index in [2.05, 4.69) is 0 Å². The lowest BCUT2D eigenvalue weighted by Crippen LogP contribution is -2.47. The Kier molecular flexibility index (Phi) is 5.77. The van der Waals surface area contributed by atoms with Crippen molar-refractivity contribution in [1.29, 1.82) is 0 Å². The molecule has 0 spiro atoms. The molecule has 1 amide bonds. The molecule has 1 fully saturated rings. The Morgan fingerprint density at radius 3 is 2.94 bits per heavy atom. The molecule has 0 bridgehead atoms. The summed E-state index contributed by atoms with van der Waals surface area (Å²) < 4.78 is 5.05. The van der Waals surface area contributed by atoms with Crippen molar-refractivity contribution in [3.05, 3.63) is 0 Å². The summed E-state index contributed by atoms with van der Waals surface area (Å²) >= 11 is 0. The standard InChI is InChI=1S/C12H24N2O2/c1-10(9-16-2)7-12(15)14-6-4-3-5-11(14)8-13/h10-11H,3-9,13H2,1-2H3. The van der Waals surface area contributed by atoms with Gasteiger partial charge in [-0.1, -0.05) is 6.92 Å². The number of methoxy groups -OCH3 is 1.